The van der Waals surface area contributed by atoms with Crippen molar-refractivity contribution in [3.8, 4) is 22.5 Å². The molecule has 0 N–H and O–H groups in total. The topological polar surface area (TPSA) is 8.81 Å². The Balaban J connectivity index is 1.87. The summed E-state index contributed by atoms with van der Waals surface area (Å²) in [6, 6.07) is 18.0. The maximum Gasteiger partial charge on any atom is 0.228 e. The average Bonchev–Trinajstić information content (AvgIpc) is 3.01. The Kier molecular flexibility index (Phi) is 2.64. The Labute approximate surface area is 159 Å². The minimum absolute atomic E-state index is 0.0351. The van der Waals surface area contributed by atoms with Crippen molar-refractivity contribution in [3.63, 3.8) is 0 Å². The first-order valence-corrected chi connectivity index (χ1v) is 9.75. The van der Waals surface area contributed by atoms with E-state index in [-0.39, 0.29) is 5.41 Å². The lowest BCUT2D eigenvalue weighted by molar-refractivity contribution is -0.690. The molecule has 1 aliphatic heterocycles. The SMILES string of the molecule is Cc1cc[n+]2c3c1C(C)(C)c1cccc(c1-3)-c1c3ccccc3c(C)n1C2. The molecule has 6 rings (SSSR count). The molecule has 2 aliphatic rings. The molecule has 4 aromatic rings. The van der Waals surface area contributed by atoms with Gasteiger partial charge in [-0.05, 0) is 25.0 Å². The van der Waals surface area contributed by atoms with Gasteiger partial charge in [0.2, 0.25) is 12.4 Å². The number of aromatic nitrogens is 2. The minimum Gasteiger partial charge on any atom is -0.288 e. The molecule has 0 unspecified atom stereocenters. The zero-order valence-corrected chi connectivity index (χ0v) is 16.3. The Bertz CT molecular complexity index is 1290. The van der Waals surface area contributed by atoms with Crippen molar-refractivity contribution in [1.82, 2.24) is 4.57 Å². The van der Waals surface area contributed by atoms with Crippen LogP contribution in [-0.4, -0.2) is 4.57 Å². The minimum atomic E-state index is 0.0351. The van der Waals surface area contributed by atoms with Gasteiger partial charge in [-0.25, -0.2) is 0 Å². The van der Waals surface area contributed by atoms with Gasteiger partial charge in [0, 0.05) is 39.1 Å². The van der Waals surface area contributed by atoms with Gasteiger partial charge in [0.1, 0.15) is 0 Å². The Hall–Kier alpha value is -2.87. The first-order valence-electron chi connectivity index (χ1n) is 9.75. The summed E-state index contributed by atoms with van der Waals surface area (Å²) in [5.41, 5.74) is 11.3. The molecule has 2 aromatic carbocycles. The maximum absolute atomic E-state index is 2.50. The summed E-state index contributed by atoms with van der Waals surface area (Å²) in [5.74, 6) is 0. The van der Waals surface area contributed by atoms with Gasteiger partial charge in [-0.15, -0.1) is 0 Å². The third kappa shape index (κ3) is 1.65. The van der Waals surface area contributed by atoms with Crippen LogP contribution in [0.25, 0.3) is 33.3 Å². The van der Waals surface area contributed by atoms with Gasteiger partial charge in [0.05, 0.1) is 11.3 Å². The summed E-state index contributed by atoms with van der Waals surface area (Å²) in [6.45, 7) is 10.1. The monoisotopic (exact) mass is 351 g/mol. The van der Waals surface area contributed by atoms with Crippen molar-refractivity contribution in [2.24, 2.45) is 0 Å². The fourth-order valence-electron chi connectivity index (χ4n) is 5.61. The molecule has 2 nitrogen and oxygen atoms in total. The van der Waals surface area contributed by atoms with Crippen LogP contribution in [0.4, 0.5) is 0 Å². The Morgan fingerprint density at radius 3 is 2.52 bits per heavy atom. The van der Waals surface area contributed by atoms with E-state index >= 15 is 0 Å². The summed E-state index contributed by atoms with van der Waals surface area (Å²) < 4.78 is 4.96. The van der Waals surface area contributed by atoms with Gasteiger partial charge in [0.15, 0.2) is 6.20 Å². The van der Waals surface area contributed by atoms with Gasteiger partial charge in [-0.2, -0.15) is 4.57 Å². The summed E-state index contributed by atoms with van der Waals surface area (Å²) in [4.78, 5) is 0. The Morgan fingerprint density at radius 2 is 1.70 bits per heavy atom. The standard InChI is InChI=1S/C25H23N2/c1-15-12-13-26-14-27-16(2)17-8-5-6-9-18(17)23(27)19-10-7-11-20-21(19)24(26)22(15)25(20,3)4/h5-13H,14H2,1-4H3/q+1. The Morgan fingerprint density at radius 1 is 0.926 bits per heavy atom. The molecular formula is C25H23N2+. The molecule has 2 aromatic heterocycles. The van der Waals surface area contributed by atoms with E-state index in [1.807, 2.05) is 0 Å². The third-order valence-electron chi connectivity index (χ3n) is 6.82. The summed E-state index contributed by atoms with van der Waals surface area (Å²) >= 11 is 0. The first kappa shape index (κ1) is 15.2. The smallest absolute Gasteiger partial charge is 0.228 e. The van der Waals surface area contributed by atoms with Crippen LogP contribution >= 0.6 is 0 Å². The highest BCUT2D eigenvalue weighted by molar-refractivity contribution is 6.03. The lowest BCUT2D eigenvalue weighted by Crippen LogP contribution is -2.40. The zero-order valence-electron chi connectivity index (χ0n) is 16.3. The number of rotatable bonds is 0. The highest BCUT2D eigenvalue weighted by Gasteiger charge is 2.45. The average molecular weight is 351 g/mol. The summed E-state index contributed by atoms with van der Waals surface area (Å²) in [5, 5.41) is 2.72. The number of benzene rings is 2. The molecule has 27 heavy (non-hydrogen) atoms. The fraction of sp³-hybridized carbons (Fsp3) is 0.240. The van der Waals surface area contributed by atoms with Gasteiger partial charge in [0.25, 0.3) is 0 Å². The predicted molar refractivity (Wildman–Crippen MR) is 110 cm³/mol. The van der Waals surface area contributed by atoms with Gasteiger partial charge < -0.3 is 0 Å². The molecule has 132 valence electrons. The molecule has 0 saturated carbocycles. The quantitative estimate of drug-likeness (QED) is 0.333. The number of aryl methyl sites for hydroxylation is 2. The van der Waals surface area contributed by atoms with Gasteiger partial charge in [-0.3, -0.25) is 4.57 Å². The number of hydrogen-bond acceptors (Lipinski definition) is 0. The van der Waals surface area contributed by atoms with Crippen LogP contribution in [0.15, 0.2) is 54.7 Å². The van der Waals surface area contributed by atoms with Crippen LogP contribution < -0.4 is 4.57 Å². The number of fused-ring (bicyclic) bond motifs is 4. The van der Waals surface area contributed by atoms with E-state index in [0.717, 1.165) is 6.67 Å². The third-order valence-corrected chi connectivity index (χ3v) is 6.82. The van der Waals surface area contributed by atoms with E-state index < -0.39 is 0 Å². The summed E-state index contributed by atoms with van der Waals surface area (Å²) in [7, 11) is 0. The van der Waals surface area contributed by atoms with E-state index in [9.17, 15) is 0 Å². The first-order chi connectivity index (χ1) is 13.0. The maximum atomic E-state index is 2.50. The van der Waals surface area contributed by atoms with Gasteiger partial charge in [-0.1, -0.05) is 56.3 Å². The van der Waals surface area contributed by atoms with Gasteiger partial charge >= 0.3 is 0 Å². The fourth-order valence-corrected chi connectivity index (χ4v) is 5.61. The van der Waals surface area contributed by atoms with E-state index in [1.165, 1.54) is 55.7 Å². The second-order valence-electron chi connectivity index (χ2n) is 8.59. The van der Waals surface area contributed by atoms with Crippen molar-refractivity contribution in [2.75, 3.05) is 0 Å². The van der Waals surface area contributed by atoms with Crippen LogP contribution in [-0.2, 0) is 12.1 Å². The molecule has 0 fully saturated rings. The largest absolute Gasteiger partial charge is 0.288 e. The number of pyridine rings is 1. The van der Waals surface area contributed by atoms with Crippen molar-refractivity contribution >= 4 is 10.8 Å². The normalized spacial score (nSPS) is 15.6. The highest BCUT2D eigenvalue weighted by Crippen LogP contribution is 2.53. The van der Waals surface area contributed by atoms with E-state index in [1.54, 1.807) is 0 Å². The van der Waals surface area contributed by atoms with Crippen molar-refractivity contribution in [1.29, 1.82) is 0 Å². The van der Waals surface area contributed by atoms with Crippen LogP contribution in [0, 0.1) is 13.8 Å². The lowest BCUT2D eigenvalue weighted by Gasteiger charge is -2.22. The molecule has 0 radical (unpaired) electrons. The van der Waals surface area contributed by atoms with Crippen molar-refractivity contribution in [3.05, 3.63) is 77.1 Å². The van der Waals surface area contributed by atoms with E-state index in [4.69, 9.17) is 0 Å². The molecule has 1 aliphatic carbocycles. The molecule has 0 spiro atoms. The molecule has 0 atom stereocenters. The lowest BCUT2D eigenvalue weighted by atomic mass is 9.80. The molecular weight excluding hydrogens is 328 g/mol. The summed E-state index contributed by atoms with van der Waals surface area (Å²) in [6.07, 6.45) is 2.27. The van der Waals surface area contributed by atoms with Crippen molar-refractivity contribution < 1.29 is 4.57 Å². The second kappa shape index (κ2) is 4.69. The molecule has 0 saturated heterocycles. The highest BCUT2D eigenvalue weighted by atomic mass is 15.2. The second-order valence-corrected chi connectivity index (χ2v) is 8.59. The predicted octanol–water partition coefficient (Wildman–Crippen LogP) is 5.34. The van der Waals surface area contributed by atoms with Crippen LogP contribution in [0.5, 0.6) is 0 Å². The molecule has 0 amide bonds. The number of hydrogen-bond donors (Lipinski definition) is 0. The van der Waals surface area contributed by atoms with E-state index in [0.29, 0.717) is 0 Å². The van der Waals surface area contributed by atoms with Crippen LogP contribution in [0.2, 0.25) is 0 Å². The van der Waals surface area contributed by atoms with E-state index in [2.05, 4.69) is 91.6 Å². The molecule has 0 bridgehead atoms. The van der Waals surface area contributed by atoms with Crippen LogP contribution in [0.3, 0.4) is 0 Å². The molecule has 2 heteroatoms. The number of nitrogens with zero attached hydrogens (tertiary/aromatic N) is 2. The molecule has 3 heterocycles. The van der Waals surface area contributed by atoms with Crippen molar-refractivity contribution in [2.45, 2.75) is 39.8 Å². The van der Waals surface area contributed by atoms with Crippen LogP contribution in [0.1, 0.15) is 36.2 Å². The zero-order chi connectivity index (χ0) is 18.5.